The Balaban J connectivity index is 0.000000159. The van der Waals surface area contributed by atoms with Crippen molar-refractivity contribution in [2.75, 3.05) is 5.73 Å². The molecule has 0 spiro atoms. The second-order valence-corrected chi connectivity index (χ2v) is 5.87. The predicted octanol–water partition coefficient (Wildman–Crippen LogP) is 4.51. The Morgan fingerprint density at radius 1 is 0.571 bits per heavy atom. The number of rotatable bonds is 1. The molecule has 1 aromatic carbocycles. The van der Waals surface area contributed by atoms with Crippen LogP contribution in [0.3, 0.4) is 0 Å². The van der Waals surface area contributed by atoms with Crippen LogP contribution in [0.5, 0.6) is 0 Å². The van der Waals surface area contributed by atoms with Gasteiger partial charge in [0, 0.05) is 60.7 Å². The second kappa shape index (κ2) is 9.11. The molecule has 0 radical (unpaired) electrons. The molecule has 4 heterocycles. The van der Waals surface area contributed by atoms with Crippen molar-refractivity contribution in [3.63, 3.8) is 0 Å². The van der Waals surface area contributed by atoms with Crippen molar-refractivity contribution in [3.8, 4) is 11.4 Å². The van der Waals surface area contributed by atoms with E-state index >= 15 is 0 Å². The number of hydrogen-bond acceptors (Lipinski definition) is 5. The normalized spacial score (nSPS) is 10.0. The monoisotopic (exact) mass is 453 g/mol. The van der Waals surface area contributed by atoms with Gasteiger partial charge in [0.05, 0.1) is 22.4 Å². The minimum absolute atomic E-state index is 0. The van der Waals surface area contributed by atoms with Crippen LogP contribution in [0.2, 0.25) is 0 Å². The number of fused-ring (bicyclic) bond motifs is 3. The number of aromatic nitrogens is 4. The van der Waals surface area contributed by atoms with Crippen molar-refractivity contribution < 1.29 is 19.5 Å². The molecule has 0 aliphatic heterocycles. The quantitative estimate of drug-likeness (QED) is 0.230. The largest absolute Gasteiger partial charge is 0.398 e. The van der Waals surface area contributed by atoms with E-state index in [1.54, 1.807) is 24.8 Å². The molecule has 0 aliphatic rings. The fraction of sp³-hybridized carbons (Fsp3) is 0. The van der Waals surface area contributed by atoms with Crippen molar-refractivity contribution in [1.29, 1.82) is 0 Å². The Hall–Kier alpha value is -3.24. The van der Waals surface area contributed by atoms with Crippen LogP contribution in [0.1, 0.15) is 0 Å². The van der Waals surface area contributed by atoms with E-state index in [0.717, 1.165) is 38.9 Å². The third kappa shape index (κ3) is 4.18. The van der Waals surface area contributed by atoms with E-state index in [1.807, 2.05) is 66.7 Å². The van der Waals surface area contributed by atoms with E-state index in [4.69, 9.17) is 5.73 Å². The molecule has 28 heavy (non-hydrogen) atoms. The molecular weight excluding hydrogens is 435 g/mol. The Morgan fingerprint density at radius 2 is 1.14 bits per heavy atom. The first-order valence-corrected chi connectivity index (χ1v) is 8.53. The third-order valence-corrected chi connectivity index (χ3v) is 4.10. The summed E-state index contributed by atoms with van der Waals surface area (Å²) >= 11 is 0. The molecule has 0 saturated heterocycles. The molecule has 0 amide bonds. The Morgan fingerprint density at radius 3 is 1.75 bits per heavy atom. The molecule has 0 bridgehead atoms. The summed E-state index contributed by atoms with van der Waals surface area (Å²) in [4.78, 5) is 17.0. The fourth-order valence-corrected chi connectivity index (χ4v) is 2.84. The molecule has 6 heteroatoms. The van der Waals surface area contributed by atoms with Gasteiger partial charge < -0.3 is 5.73 Å². The number of pyridine rings is 4. The van der Waals surface area contributed by atoms with E-state index in [1.165, 1.54) is 0 Å². The fourth-order valence-electron chi connectivity index (χ4n) is 2.84. The molecule has 5 nitrogen and oxygen atoms in total. The van der Waals surface area contributed by atoms with Crippen LogP contribution in [0, 0.1) is 0 Å². The first-order valence-electron chi connectivity index (χ1n) is 8.53. The molecule has 138 valence electrons. The van der Waals surface area contributed by atoms with Crippen LogP contribution < -0.4 is 5.73 Å². The molecule has 0 saturated carbocycles. The first kappa shape index (κ1) is 19.5. The standard InChI is InChI=1S/C12H9N3.C10H8N2.Ru/c13-10-7-11-9(4-2-5-14-11)12-8(10)3-1-6-15-12;1-3-7-11-9(5-1)10-6-2-4-8-12-10;/h1-7H,13H2;1-8H;. The summed E-state index contributed by atoms with van der Waals surface area (Å²) in [6.07, 6.45) is 7.07. The van der Waals surface area contributed by atoms with Gasteiger partial charge in [-0.15, -0.1) is 0 Å². The van der Waals surface area contributed by atoms with E-state index in [-0.39, 0.29) is 19.5 Å². The van der Waals surface area contributed by atoms with Gasteiger partial charge in [0.25, 0.3) is 0 Å². The average Bonchev–Trinajstić information content (AvgIpc) is 2.76. The summed E-state index contributed by atoms with van der Waals surface area (Å²) in [5.74, 6) is 0. The van der Waals surface area contributed by atoms with Gasteiger partial charge >= 0.3 is 0 Å². The van der Waals surface area contributed by atoms with Gasteiger partial charge in [0.15, 0.2) is 0 Å². The second-order valence-electron chi connectivity index (χ2n) is 5.87. The van der Waals surface area contributed by atoms with E-state index in [0.29, 0.717) is 0 Å². The first-order chi connectivity index (χ1) is 13.3. The molecule has 4 aromatic heterocycles. The summed E-state index contributed by atoms with van der Waals surface area (Å²) in [5.41, 5.74) is 10.3. The van der Waals surface area contributed by atoms with Crippen molar-refractivity contribution in [3.05, 3.63) is 91.5 Å². The Kier molecular flexibility index (Phi) is 6.35. The van der Waals surface area contributed by atoms with Gasteiger partial charge in [-0.05, 0) is 54.6 Å². The smallest absolute Gasteiger partial charge is 0.0886 e. The SMILES string of the molecule is Nc1cc2ncccc2c2ncccc12.[Ru].c1ccc(-c2ccccn2)nc1. The molecule has 0 fully saturated rings. The van der Waals surface area contributed by atoms with Crippen LogP contribution in [0.25, 0.3) is 33.2 Å². The molecule has 0 unspecified atom stereocenters. The third-order valence-electron chi connectivity index (χ3n) is 4.10. The van der Waals surface area contributed by atoms with E-state index in [2.05, 4.69) is 19.9 Å². The van der Waals surface area contributed by atoms with E-state index < -0.39 is 0 Å². The maximum absolute atomic E-state index is 5.94. The van der Waals surface area contributed by atoms with Gasteiger partial charge in [0.1, 0.15) is 0 Å². The molecule has 5 aromatic rings. The molecule has 2 N–H and O–H groups in total. The summed E-state index contributed by atoms with van der Waals surface area (Å²) in [6.45, 7) is 0. The summed E-state index contributed by atoms with van der Waals surface area (Å²) in [6, 6.07) is 21.3. The summed E-state index contributed by atoms with van der Waals surface area (Å²) in [5, 5.41) is 2.03. The van der Waals surface area contributed by atoms with Gasteiger partial charge in [-0.1, -0.05) is 12.1 Å². The Bertz CT molecular complexity index is 1140. The number of anilines is 1. The minimum atomic E-state index is 0. The number of nitrogens with zero attached hydrogens (tertiary/aromatic N) is 4. The van der Waals surface area contributed by atoms with Crippen LogP contribution >= 0.6 is 0 Å². The van der Waals surface area contributed by atoms with Crippen LogP contribution in [0.15, 0.2) is 91.5 Å². The summed E-state index contributed by atoms with van der Waals surface area (Å²) in [7, 11) is 0. The van der Waals surface area contributed by atoms with Crippen molar-refractivity contribution in [2.45, 2.75) is 0 Å². The maximum Gasteiger partial charge on any atom is 0.0886 e. The van der Waals surface area contributed by atoms with Gasteiger partial charge in [0.2, 0.25) is 0 Å². The number of nitrogen functional groups attached to an aromatic ring is 1. The predicted molar refractivity (Wildman–Crippen MR) is 109 cm³/mol. The Labute approximate surface area is 175 Å². The average molecular weight is 452 g/mol. The van der Waals surface area contributed by atoms with Crippen molar-refractivity contribution >= 4 is 27.5 Å². The zero-order valence-corrected chi connectivity index (χ0v) is 16.6. The number of nitrogens with two attached hydrogens (primary N) is 1. The van der Waals surface area contributed by atoms with Gasteiger partial charge in [-0.3, -0.25) is 19.9 Å². The molecule has 0 atom stereocenters. The molecule has 0 aliphatic carbocycles. The van der Waals surface area contributed by atoms with Crippen molar-refractivity contribution in [1.82, 2.24) is 19.9 Å². The van der Waals surface area contributed by atoms with Gasteiger partial charge in [-0.2, -0.15) is 0 Å². The zero-order valence-electron chi connectivity index (χ0n) is 14.9. The van der Waals surface area contributed by atoms with Crippen LogP contribution in [-0.4, -0.2) is 19.9 Å². The number of hydrogen-bond donors (Lipinski definition) is 1. The van der Waals surface area contributed by atoms with E-state index in [9.17, 15) is 0 Å². The zero-order chi connectivity index (χ0) is 18.5. The number of benzene rings is 1. The van der Waals surface area contributed by atoms with Gasteiger partial charge in [-0.25, -0.2) is 0 Å². The van der Waals surface area contributed by atoms with Crippen LogP contribution in [-0.2, 0) is 19.5 Å². The van der Waals surface area contributed by atoms with Crippen LogP contribution in [0.4, 0.5) is 5.69 Å². The maximum atomic E-state index is 5.94. The topological polar surface area (TPSA) is 77.6 Å². The minimum Gasteiger partial charge on any atom is -0.398 e. The molecule has 5 rings (SSSR count). The van der Waals surface area contributed by atoms with Crippen molar-refractivity contribution in [2.24, 2.45) is 0 Å². The molecular formula is C22H17N5Ru. The summed E-state index contributed by atoms with van der Waals surface area (Å²) < 4.78 is 0.